The molecule has 0 aromatic heterocycles. The summed E-state index contributed by atoms with van der Waals surface area (Å²) in [5.41, 5.74) is 0. The van der Waals surface area contributed by atoms with Crippen molar-refractivity contribution in [3.63, 3.8) is 0 Å². The van der Waals surface area contributed by atoms with Crippen LogP contribution in [0, 0.1) is 18.8 Å². The average molecular weight is 495 g/mol. The fraction of sp³-hybridized carbons (Fsp3) is 0.889. The SMILES string of the molecule is CC(C)CCCCCCCCCCCCCCC(=O)O.CC(C)O.C[CH-]C.C[CH-]C.[O]=[Ti+2]. The number of aliphatic hydroxyl groups is 1. The predicted octanol–water partition coefficient (Wildman–Crippen LogP) is 8.92. The van der Waals surface area contributed by atoms with Gasteiger partial charge in [0.15, 0.2) is 0 Å². The third-order valence-electron chi connectivity index (χ3n) is 3.92. The molecule has 5 heteroatoms. The van der Waals surface area contributed by atoms with Crippen LogP contribution in [0.1, 0.15) is 145 Å². The molecule has 0 spiro atoms. The van der Waals surface area contributed by atoms with Crippen molar-refractivity contribution >= 4 is 5.97 Å². The number of unbranched alkanes of at least 4 members (excludes halogenated alkanes) is 11. The first-order chi connectivity index (χ1) is 15.2. The Morgan fingerprint density at radius 1 is 0.656 bits per heavy atom. The number of carboxylic acids is 1. The molecule has 0 aliphatic carbocycles. The standard InChI is InChI=1S/C18H36O2.C3H8O.2C3H7.O.Ti/c1-17(2)15-13-11-9-7-5-3-4-6-8-10-12-14-16-18(19)20;1-3(2)4;2*1-3-2;;/h17H,3-16H2,1-2H3,(H,19,20);3-4H,1-2H3;2*3H,1-2H3;;/q;;2*-1;;+2. The van der Waals surface area contributed by atoms with Gasteiger partial charge in [-0.25, -0.2) is 0 Å². The van der Waals surface area contributed by atoms with E-state index in [1.807, 2.05) is 40.5 Å². The molecule has 4 nitrogen and oxygen atoms in total. The van der Waals surface area contributed by atoms with Gasteiger partial charge in [0.05, 0.1) is 0 Å². The number of carbonyl (C=O) groups is 1. The molecule has 0 amide bonds. The molecule has 0 heterocycles. The first-order valence-corrected chi connectivity index (χ1v) is 13.4. The zero-order chi connectivity index (χ0) is 26.0. The Balaban J connectivity index is -0.000000168. The molecule has 32 heavy (non-hydrogen) atoms. The van der Waals surface area contributed by atoms with Gasteiger partial charge >= 0.3 is 29.7 Å². The summed E-state index contributed by atoms with van der Waals surface area (Å²) in [6.45, 7) is 16.1. The first-order valence-electron chi connectivity index (χ1n) is 12.8. The number of carboxylic acid groups (broad SMARTS) is 1. The molecule has 0 radical (unpaired) electrons. The van der Waals surface area contributed by atoms with Crippen molar-refractivity contribution in [2.45, 2.75) is 151 Å². The van der Waals surface area contributed by atoms with Gasteiger partial charge < -0.3 is 23.1 Å². The molecular formula is C27H58O4Ti. The van der Waals surface area contributed by atoms with Gasteiger partial charge in [0.1, 0.15) is 0 Å². The van der Waals surface area contributed by atoms with E-state index in [9.17, 15) is 4.79 Å². The molecule has 0 unspecified atom stereocenters. The predicted molar refractivity (Wildman–Crippen MR) is 136 cm³/mol. The Labute approximate surface area is 214 Å². The molecule has 2 N–H and O–H groups in total. The molecular weight excluding hydrogens is 436 g/mol. The average Bonchev–Trinajstić information content (AvgIpc) is 2.70. The zero-order valence-electron chi connectivity index (χ0n) is 22.9. The maximum absolute atomic E-state index is 10.3. The van der Waals surface area contributed by atoms with Crippen LogP contribution < -0.4 is 0 Å². The number of hydrogen-bond acceptors (Lipinski definition) is 3. The molecule has 0 aromatic carbocycles. The van der Waals surface area contributed by atoms with Crippen LogP contribution in [0.25, 0.3) is 0 Å². The Morgan fingerprint density at radius 2 is 0.875 bits per heavy atom. The summed E-state index contributed by atoms with van der Waals surface area (Å²) in [6, 6.07) is 0. The van der Waals surface area contributed by atoms with Crippen LogP contribution in [0.3, 0.4) is 0 Å². The van der Waals surface area contributed by atoms with Gasteiger partial charge in [0.2, 0.25) is 0 Å². The summed E-state index contributed by atoms with van der Waals surface area (Å²) < 4.78 is 8.25. The zero-order valence-corrected chi connectivity index (χ0v) is 24.5. The van der Waals surface area contributed by atoms with E-state index in [-0.39, 0.29) is 6.10 Å². The van der Waals surface area contributed by atoms with Crippen LogP contribution in [0.15, 0.2) is 0 Å². The third kappa shape index (κ3) is 87.4. The number of aliphatic carboxylic acids is 1. The summed E-state index contributed by atoms with van der Waals surface area (Å²) in [7, 11) is 0. The van der Waals surface area contributed by atoms with Crippen molar-refractivity contribution < 1.29 is 38.7 Å². The summed E-state index contributed by atoms with van der Waals surface area (Å²) in [5.74, 6) is 0.212. The van der Waals surface area contributed by atoms with Gasteiger partial charge in [-0.2, -0.15) is 27.7 Å². The quantitative estimate of drug-likeness (QED) is 0.135. The topological polar surface area (TPSA) is 74.6 Å². The first kappa shape index (κ1) is 42.1. The summed E-state index contributed by atoms with van der Waals surface area (Å²) in [6.07, 6.45) is 21.2. The van der Waals surface area contributed by atoms with Crippen LogP contribution in [0.4, 0.5) is 0 Å². The van der Waals surface area contributed by atoms with Crippen molar-refractivity contribution in [3.8, 4) is 0 Å². The van der Waals surface area contributed by atoms with Crippen molar-refractivity contribution in [2.75, 3.05) is 0 Å². The molecule has 0 atom stereocenters. The van der Waals surface area contributed by atoms with Crippen LogP contribution in [0.5, 0.6) is 0 Å². The molecule has 0 aliphatic rings. The van der Waals surface area contributed by atoms with Crippen molar-refractivity contribution in [1.82, 2.24) is 0 Å². The van der Waals surface area contributed by atoms with Gasteiger partial charge in [-0.1, -0.05) is 90.9 Å². The van der Waals surface area contributed by atoms with E-state index in [0.717, 1.165) is 39.2 Å². The summed E-state index contributed by atoms with van der Waals surface area (Å²) in [4.78, 5) is 10.3. The van der Waals surface area contributed by atoms with Crippen molar-refractivity contribution in [3.05, 3.63) is 12.8 Å². The number of rotatable bonds is 15. The second kappa shape index (κ2) is 44.6. The fourth-order valence-corrected chi connectivity index (χ4v) is 2.60. The van der Waals surface area contributed by atoms with Crippen LogP contribution in [-0.2, 0) is 28.5 Å². The maximum atomic E-state index is 10.3. The molecule has 0 saturated carbocycles. The number of hydrogen-bond donors (Lipinski definition) is 2. The Kier molecular flexibility index (Phi) is 58.7. The third-order valence-corrected chi connectivity index (χ3v) is 3.92. The van der Waals surface area contributed by atoms with Crippen LogP contribution >= 0.6 is 0 Å². The number of aliphatic hydroxyl groups excluding tert-OH is 1. The Bertz CT molecular complexity index is 293. The van der Waals surface area contributed by atoms with Gasteiger partial charge in [0, 0.05) is 12.5 Å². The minimum atomic E-state index is -0.654. The van der Waals surface area contributed by atoms with Gasteiger partial charge in [-0.15, -0.1) is 0 Å². The monoisotopic (exact) mass is 494 g/mol. The van der Waals surface area contributed by atoms with Crippen molar-refractivity contribution in [2.24, 2.45) is 5.92 Å². The molecule has 0 aliphatic heterocycles. The Morgan fingerprint density at radius 3 is 1.09 bits per heavy atom. The second-order valence-electron chi connectivity index (χ2n) is 8.82. The molecule has 0 saturated heterocycles. The Hall–Kier alpha value is -0.0557. The van der Waals surface area contributed by atoms with E-state index in [1.165, 1.54) is 70.6 Å². The van der Waals surface area contributed by atoms with Gasteiger partial charge in [-0.05, 0) is 26.2 Å². The van der Waals surface area contributed by atoms with E-state index in [1.54, 1.807) is 13.8 Å². The van der Waals surface area contributed by atoms with E-state index in [4.69, 9.17) is 13.5 Å². The normalized spacial score (nSPS) is 9.41. The summed E-state index contributed by atoms with van der Waals surface area (Å²) >= 11 is 0.750. The van der Waals surface area contributed by atoms with Gasteiger partial charge in [0.25, 0.3) is 0 Å². The molecule has 0 fully saturated rings. The molecule has 194 valence electrons. The van der Waals surface area contributed by atoms with Gasteiger partial charge in [-0.3, -0.25) is 4.79 Å². The minimum absolute atomic E-state index is 0.167. The van der Waals surface area contributed by atoms with Crippen LogP contribution in [0.2, 0.25) is 0 Å². The van der Waals surface area contributed by atoms with E-state index >= 15 is 0 Å². The van der Waals surface area contributed by atoms with E-state index in [2.05, 4.69) is 13.8 Å². The molecule has 0 aromatic rings. The van der Waals surface area contributed by atoms with Crippen molar-refractivity contribution in [1.29, 1.82) is 0 Å². The molecule has 0 rings (SSSR count). The van der Waals surface area contributed by atoms with E-state index in [0.29, 0.717) is 6.42 Å². The molecule has 0 bridgehead atoms. The van der Waals surface area contributed by atoms with E-state index < -0.39 is 5.97 Å². The second-order valence-corrected chi connectivity index (χ2v) is 8.82. The fourth-order valence-electron chi connectivity index (χ4n) is 2.60. The van der Waals surface area contributed by atoms with Crippen LogP contribution in [-0.4, -0.2) is 22.3 Å². The summed E-state index contributed by atoms with van der Waals surface area (Å²) in [5, 5.41) is 16.6.